The molecular weight excluding hydrogens is 304 g/mol. The van der Waals surface area contributed by atoms with Crippen molar-refractivity contribution in [3.05, 3.63) is 29.8 Å². The number of halogens is 1. The zero-order chi connectivity index (χ0) is 14.5. The van der Waals surface area contributed by atoms with Crippen molar-refractivity contribution in [3.8, 4) is 0 Å². The molecule has 0 aliphatic rings. The van der Waals surface area contributed by atoms with Crippen LogP contribution in [0.5, 0.6) is 0 Å². The molecule has 0 unspecified atom stereocenters. The number of nitrogens with zero attached hydrogens (tertiary/aromatic N) is 1. The number of hydrogen-bond acceptors (Lipinski definition) is 5. The normalized spacial score (nSPS) is 11.0. The summed E-state index contributed by atoms with van der Waals surface area (Å²) in [6.45, 7) is 0.897. The molecular formula is C12H19ClN2O4S. The molecule has 1 N–H and O–H groups in total. The number of benzene rings is 1. The third-order valence-corrected chi connectivity index (χ3v) is 4.49. The van der Waals surface area contributed by atoms with E-state index in [1.54, 1.807) is 7.05 Å². The van der Waals surface area contributed by atoms with Crippen LogP contribution in [0.4, 0.5) is 0 Å². The van der Waals surface area contributed by atoms with Crippen LogP contribution in [0.3, 0.4) is 0 Å². The summed E-state index contributed by atoms with van der Waals surface area (Å²) in [5.41, 5.74) is 0.214. The number of esters is 1. The molecule has 0 atom stereocenters. The largest absolute Gasteiger partial charge is 0.465 e. The molecule has 0 amide bonds. The predicted octanol–water partition coefficient (Wildman–Crippen LogP) is 0.735. The van der Waals surface area contributed by atoms with Gasteiger partial charge >= 0.3 is 5.97 Å². The highest BCUT2D eigenvalue weighted by Gasteiger charge is 2.21. The highest BCUT2D eigenvalue weighted by molar-refractivity contribution is 7.89. The summed E-state index contributed by atoms with van der Waals surface area (Å²) < 4.78 is 30.3. The highest BCUT2D eigenvalue weighted by Crippen LogP contribution is 2.16. The fourth-order valence-corrected chi connectivity index (χ4v) is 2.69. The first-order valence-electron chi connectivity index (χ1n) is 5.72. The second kappa shape index (κ2) is 8.21. The summed E-state index contributed by atoms with van der Waals surface area (Å²) in [7, 11) is 0.908. The quantitative estimate of drug-likeness (QED) is 0.782. The number of sulfonamides is 1. The molecule has 8 heteroatoms. The number of nitrogens with one attached hydrogen (secondary N) is 1. The van der Waals surface area contributed by atoms with E-state index in [1.807, 2.05) is 0 Å². The second-order valence-corrected chi connectivity index (χ2v) is 5.99. The SMILES string of the molecule is CNCCN(C)S(=O)(=O)c1cccc(C(=O)OC)c1.Cl. The summed E-state index contributed by atoms with van der Waals surface area (Å²) >= 11 is 0. The van der Waals surface area contributed by atoms with Gasteiger partial charge in [-0.2, -0.15) is 4.31 Å². The fourth-order valence-electron chi connectivity index (χ4n) is 1.47. The van der Waals surface area contributed by atoms with E-state index in [-0.39, 0.29) is 22.9 Å². The Balaban J connectivity index is 0.00000361. The van der Waals surface area contributed by atoms with Crippen molar-refractivity contribution < 1.29 is 17.9 Å². The van der Waals surface area contributed by atoms with Crippen molar-refractivity contribution in [1.82, 2.24) is 9.62 Å². The van der Waals surface area contributed by atoms with Crippen LogP contribution in [0.1, 0.15) is 10.4 Å². The molecule has 0 radical (unpaired) electrons. The molecule has 6 nitrogen and oxygen atoms in total. The number of rotatable bonds is 6. The Morgan fingerprint density at radius 3 is 2.60 bits per heavy atom. The Bertz CT molecular complexity index is 548. The van der Waals surface area contributed by atoms with Gasteiger partial charge in [0.05, 0.1) is 17.6 Å². The van der Waals surface area contributed by atoms with Crippen molar-refractivity contribution >= 4 is 28.4 Å². The first kappa shape index (κ1) is 18.9. The van der Waals surface area contributed by atoms with E-state index in [9.17, 15) is 13.2 Å². The van der Waals surface area contributed by atoms with Crippen molar-refractivity contribution in [1.29, 1.82) is 0 Å². The molecule has 0 saturated heterocycles. The van der Waals surface area contributed by atoms with Gasteiger partial charge in [-0.25, -0.2) is 13.2 Å². The van der Waals surface area contributed by atoms with E-state index >= 15 is 0 Å². The Hall–Kier alpha value is -1.15. The standard InChI is InChI=1S/C12H18N2O4S.ClH/c1-13-7-8-14(2)19(16,17)11-6-4-5-10(9-11)12(15)18-3;/h4-6,9,13H,7-8H2,1-3H3;1H. The molecule has 0 heterocycles. The van der Waals surface area contributed by atoms with E-state index in [0.29, 0.717) is 13.1 Å². The fraction of sp³-hybridized carbons (Fsp3) is 0.417. The maximum absolute atomic E-state index is 12.2. The average Bonchev–Trinajstić information content (AvgIpc) is 2.43. The first-order valence-corrected chi connectivity index (χ1v) is 7.16. The van der Waals surface area contributed by atoms with Crippen molar-refractivity contribution in [3.63, 3.8) is 0 Å². The summed E-state index contributed by atoms with van der Waals surface area (Å²) in [5, 5.41) is 2.88. The van der Waals surface area contributed by atoms with Crippen LogP contribution in [0.15, 0.2) is 29.2 Å². The van der Waals surface area contributed by atoms with Crippen molar-refractivity contribution in [2.24, 2.45) is 0 Å². The van der Waals surface area contributed by atoms with Crippen LogP contribution < -0.4 is 5.32 Å². The minimum Gasteiger partial charge on any atom is -0.465 e. The minimum absolute atomic E-state index is 0. The highest BCUT2D eigenvalue weighted by atomic mass is 35.5. The van der Waals surface area contributed by atoms with Crippen molar-refractivity contribution in [2.45, 2.75) is 4.90 Å². The summed E-state index contributed by atoms with van der Waals surface area (Å²) in [6.07, 6.45) is 0. The van der Waals surface area contributed by atoms with Gasteiger partial charge in [0, 0.05) is 20.1 Å². The number of methoxy groups -OCH3 is 1. The van der Waals surface area contributed by atoms with E-state index < -0.39 is 16.0 Å². The third-order valence-electron chi connectivity index (χ3n) is 2.64. The second-order valence-electron chi connectivity index (χ2n) is 3.95. The summed E-state index contributed by atoms with van der Waals surface area (Å²) in [4.78, 5) is 11.5. The Morgan fingerprint density at radius 1 is 1.40 bits per heavy atom. The van der Waals surface area contributed by atoms with Gasteiger partial charge in [0.2, 0.25) is 10.0 Å². The zero-order valence-corrected chi connectivity index (χ0v) is 13.3. The van der Waals surface area contributed by atoms with Gasteiger partial charge < -0.3 is 10.1 Å². The lowest BCUT2D eigenvalue weighted by molar-refractivity contribution is 0.0600. The Labute approximate surface area is 125 Å². The van der Waals surface area contributed by atoms with Gasteiger partial charge in [0.25, 0.3) is 0 Å². The van der Waals surface area contributed by atoms with Crippen LogP contribution in [-0.2, 0) is 14.8 Å². The zero-order valence-electron chi connectivity index (χ0n) is 11.6. The van der Waals surface area contributed by atoms with Gasteiger partial charge in [-0.05, 0) is 25.2 Å². The van der Waals surface area contributed by atoms with Crippen LogP contribution in [-0.4, -0.2) is 53.0 Å². The third kappa shape index (κ3) is 4.45. The molecule has 1 rings (SSSR count). The summed E-state index contributed by atoms with van der Waals surface area (Å²) in [5.74, 6) is -0.560. The topological polar surface area (TPSA) is 75.7 Å². The lowest BCUT2D eigenvalue weighted by Crippen LogP contribution is -2.32. The molecule has 0 saturated carbocycles. The van der Waals surface area contributed by atoms with Gasteiger partial charge in [-0.3, -0.25) is 0 Å². The maximum Gasteiger partial charge on any atom is 0.337 e. The Kier molecular flexibility index (Phi) is 7.74. The molecule has 0 aromatic heterocycles. The molecule has 114 valence electrons. The number of likely N-dealkylation sites (N-methyl/N-ethyl adjacent to an activating group) is 2. The van der Waals surface area contributed by atoms with E-state index in [1.165, 1.54) is 42.7 Å². The molecule has 20 heavy (non-hydrogen) atoms. The van der Waals surface area contributed by atoms with Crippen LogP contribution in [0, 0.1) is 0 Å². The average molecular weight is 323 g/mol. The lowest BCUT2D eigenvalue weighted by Gasteiger charge is -2.17. The Morgan fingerprint density at radius 2 is 2.05 bits per heavy atom. The number of hydrogen-bond donors (Lipinski definition) is 1. The van der Waals surface area contributed by atoms with Crippen molar-refractivity contribution in [2.75, 3.05) is 34.3 Å². The van der Waals surface area contributed by atoms with Gasteiger partial charge in [0.1, 0.15) is 0 Å². The monoisotopic (exact) mass is 322 g/mol. The van der Waals surface area contributed by atoms with Crippen LogP contribution in [0.25, 0.3) is 0 Å². The van der Waals surface area contributed by atoms with Gasteiger partial charge in [0.15, 0.2) is 0 Å². The van der Waals surface area contributed by atoms with E-state index in [4.69, 9.17) is 0 Å². The van der Waals surface area contributed by atoms with Crippen LogP contribution in [0.2, 0.25) is 0 Å². The molecule has 0 aliphatic heterocycles. The van der Waals surface area contributed by atoms with Crippen LogP contribution >= 0.6 is 12.4 Å². The molecule has 0 fully saturated rings. The maximum atomic E-state index is 12.2. The number of carbonyl (C=O) groups excluding carboxylic acids is 1. The predicted molar refractivity (Wildman–Crippen MR) is 78.8 cm³/mol. The molecule has 1 aromatic carbocycles. The van der Waals surface area contributed by atoms with Gasteiger partial charge in [-0.15, -0.1) is 12.4 Å². The number of ether oxygens (including phenoxy) is 1. The number of carbonyl (C=O) groups is 1. The smallest absolute Gasteiger partial charge is 0.337 e. The summed E-state index contributed by atoms with van der Waals surface area (Å²) in [6, 6.07) is 5.80. The minimum atomic E-state index is -3.59. The van der Waals surface area contributed by atoms with Gasteiger partial charge in [-0.1, -0.05) is 6.07 Å². The molecule has 0 bridgehead atoms. The van der Waals surface area contributed by atoms with E-state index in [2.05, 4.69) is 10.1 Å². The van der Waals surface area contributed by atoms with E-state index in [0.717, 1.165) is 0 Å². The molecule has 0 aliphatic carbocycles. The first-order chi connectivity index (χ1) is 8.93. The molecule has 1 aromatic rings. The molecule has 0 spiro atoms. The lowest BCUT2D eigenvalue weighted by atomic mass is 10.2.